The van der Waals surface area contributed by atoms with Crippen molar-refractivity contribution in [3.63, 3.8) is 0 Å². The van der Waals surface area contributed by atoms with Crippen molar-refractivity contribution in [1.29, 1.82) is 5.26 Å². The third kappa shape index (κ3) is 8.95. The van der Waals surface area contributed by atoms with Gasteiger partial charge < -0.3 is 9.47 Å². The minimum Gasteiger partial charge on any atom is -0.383 e. The number of ether oxygens (including phenoxy) is 2. The van der Waals surface area contributed by atoms with Gasteiger partial charge in [0.25, 0.3) is 0 Å². The van der Waals surface area contributed by atoms with E-state index >= 15 is 0 Å². The highest BCUT2D eigenvalue weighted by Gasteiger charge is 2.21. The van der Waals surface area contributed by atoms with Crippen LogP contribution in [0.3, 0.4) is 0 Å². The third-order valence-corrected chi connectivity index (χ3v) is 3.19. The van der Waals surface area contributed by atoms with Gasteiger partial charge in [0.1, 0.15) is 5.54 Å². The molecule has 0 aliphatic carbocycles. The summed E-state index contributed by atoms with van der Waals surface area (Å²) < 4.78 is 10.2. The van der Waals surface area contributed by atoms with Crippen molar-refractivity contribution in [3.05, 3.63) is 0 Å². The first kappa shape index (κ1) is 18.3. The Labute approximate surface area is 117 Å². The van der Waals surface area contributed by atoms with Gasteiger partial charge in [0.2, 0.25) is 0 Å². The Morgan fingerprint density at radius 3 is 2.16 bits per heavy atom. The van der Waals surface area contributed by atoms with Crippen molar-refractivity contribution in [2.24, 2.45) is 0 Å². The zero-order valence-corrected chi connectivity index (χ0v) is 12.9. The number of nitriles is 1. The molecule has 1 N–H and O–H groups in total. The zero-order valence-electron chi connectivity index (χ0n) is 12.9. The molecular weight excluding hydrogens is 242 g/mol. The van der Waals surface area contributed by atoms with Crippen LogP contribution >= 0.6 is 0 Å². The van der Waals surface area contributed by atoms with Crippen LogP contribution in [0.2, 0.25) is 0 Å². The standard InChI is InChI=1S/C14H29N3O2/c1-5-16-14(2,13-15)7-6-8-17(9-11-18-3)10-12-19-4/h16H,5-12H2,1-4H3. The van der Waals surface area contributed by atoms with Gasteiger partial charge in [0.15, 0.2) is 0 Å². The van der Waals surface area contributed by atoms with E-state index in [1.807, 2.05) is 13.8 Å². The molecule has 112 valence electrons. The molecule has 0 saturated heterocycles. The summed E-state index contributed by atoms with van der Waals surface area (Å²) in [7, 11) is 3.43. The van der Waals surface area contributed by atoms with Gasteiger partial charge in [-0.2, -0.15) is 5.26 Å². The van der Waals surface area contributed by atoms with Crippen molar-refractivity contribution >= 4 is 0 Å². The molecule has 0 bridgehead atoms. The van der Waals surface area contributed by atoms with Gasteiger partial charge in [0.05, 0.1) is 19.3 Å². The maximum absolute atomic E-state index is 9.20. The lowest BCUT2D eigenvalue weighted by molar-refractivity contribution is 0.112. The van der Waals surface area contributed by atoms with E-state index in [1.165, 1.54) is 0 Å². The molecule has 1 unspecified atom stereocenters. The van der Waals surface area contributed by atoms with E-state index in [9.17, 15) is 5.26 Å². The summed E-state index contributed by atoms with van der Waals surface area (Å²) in [6, 6.07) is 2.36. The molecule has 1 atom stereocenters. The normalized spacial score (nSPS) is 14.3. The summed E-state index contributed by atoms with van der Waals surface area (Å²) in [6.07, 6.45) is 1.85. The third-order valence-electron chi connectivity index (χ3n) is 3.19. The first-order valence-electron chi connectivity index (χ1n) is 6.98. The molecule has 0 aromatic carbocycles. The van der Waals surface area contributed by atoms with Crippen LogP contribution in [-0.4, -0.2) is 64.1 Å². The van der Waals surface area contributed by atoms with Gasteiger partial charge in [-0.1, -0.05) is 6.92 Å². The average molecular weight is 271 g/mol. The summed E-state index contributed by atoms with van der Waals surface area (Å²) in [5.74, 6) is 0. The number of methoxy groups -OCH3 is 2. The van der Waals surface area contributed by atoms with Crippen molar-refractivity contribution in [1.82, 2.24) is 10.2 Å². The highest BCUT2D eigenvalue weighted by Crippen LogP contribution is 2.11. The fraction of sp³-hybridized carbons (Fsp3) is 0.929. The van der Waals surface area contributed by atoms with E-state index in [2.05, 4.69) is 16.3 Å². The monoisotopic (exact) mass is 271 g/mol. The fourth-order valence-corrected chi connectivity index (χ4v) is 2.01. The van der Waals surface area contributed by atoms with Gasteiger partial charge in [-0.15, -0.1) is 0 Å². The Bertz CT molecular complexity index is 248. The van der Waals surface area contributed by atoms with Gasteiger partial charge in [-0.3, -0.25) is 10.2 Å². The summed E-state index contributed by atoms with van der Waals surface area (Å²) >= 11 is 0. The van der Waals surface area contributed by atoms with Crippen LogP contribution in [0, 0.1) is 11.3 Å². The quantitative estimate of drug-likeness (QED) is 0.579. The van der Waals surface area contributed by atoms with E-state index in [4.69, 9.17) is 9.47 Å². The molecule has 0 rings (SSSR count). The van der Waals surface area contributed by atoms with Gasteiger partial charge in [-0.25, -0.2) is 0 Å². The minimum absolute atomic E-state index is 0.414. The van der Waals surface area contributed by atoms with Crippen LogP contribution in [0.4, 0.5) is 0 Å². The average Bonchev–Trinajstić information content (AvgIpc) is 2.41. The van der Waals surface area contributed by atoms with E-state index < -0.39 is 5.54 Å². The lowest BCUT2D eigenvalue weighted by atomic mass is 9.97. The molecule has 5 heteroatoms. The van der Waals surface area contributed by atoms with Gasteiger partial charge >= 0.3 is 0 Å². The molecule has 0 aromatic heterocycles. The molecule has 0 saturated carbocycles. The Hall–Kier alpha value is -0.670. The highest BCUT2D eigenvalue weighted by atomic mass is 16.5. The smallest absolute Gasteiger partial charge is 0.103 e. The van der Waals surface area contributed by atoms with E-state index in [0.29, 0.717) is 0 Å². The summed E-state index contributed by atoms with van der Waals surface area (Å²) in [5, 5.41) is 12.4. The van der Waals surface area contributed by atoms with Crippen molar-refractivity contribution < 1.29 is 9.47 Å². The minimum atomic E-state index is -0.414. The number of rotatable bonds is 12. The van der Waals surface area contributed by atoms with Crippen molar-refractivity contribution in [2.45, 2.75) is 32.2 Å². The van der Waals surface area contributed by atoms with Crippen LogP contribution in [-0.2, 0) is 9.47 Å². The van der Waals surface area contributed by atoms with Crippen molar-refractivity contribution in [3.8, 4) is 6.07 Å². The van der Waals surface area contributed by atoms with Crippen LogP contribution in [0.1, 0.15) is 26.7 Å². The van der Waals surface area contributed by atoms with Crippen LogP contribution in [0.5, 0.6) is 0 Å². The molecule has 0 spiro atoms. The Balaban J connectivity index is 4.04. The zero-order chi connectivity index (χ0) is 14.6. The van der Waals surface area contributed by atoms with Gasteiger partial charge in [-0.05, 0) is 32.9 Å². The molecule has 0 aliphatic rings. The van der Waals surface area contributed by atoms with Crippen LogP contribution < -0.4 is 5.32 Å². The molecule has 0 aliphatic heterocycles. The molecule has 19 heavy (non-hydrogen) atoms. The Kier molecular flexibility index (Phi) is 10.8. The molecule has 0 amide bonds. The number of hydrogen-bond acceptors (Lipinski definition) is 5. The Morgan fingerprint density at radius 2 is 1.74 bits per heavy atom. The maximum Gasteiger partial charge on any atom is 0.103 e. The second kappa shape index (κ2) is 11.2. The topological polar surface area (TPSA) is 57.5 Å². The largest absolute Gasteiger partial charge is 0.383 e. The molecule has 5 nitrogen and oxygen atoms in total. The van der Waals surface area contributed by atoms with Gasteiger partial charge in [0, 0.05) is 27.3 Å². The SMILES string of the molecule is CCNC(C)(C#N)CCCN(CCOC)CCOC. The molecule has 0 radical (unpaired) electrons. The lowest BCUT2D eigenvalue weighted by Gasteiger charge is -2.25. The molecule has 0 fully saturated rings. The van der Waals surface area contributed by atoms with Crippen LogP contribution in [0.15, 0.2) is 0 Å². The lowest BCUT2D eigenvalue weighted by Crippen LogP contribution is -2.41. The van der Waals surface area contributed by atoms with E-state index in [0.717, 1.165) is 52.2 Å². The Morgan fingerprint density at radius 1 is 1.16 bits per heavy atom. The fourth-order valence-electron chi connectivity index (χ4n) is 2.01. The first-order valence-corrected chi connectivity index (χ1v) is 6.98. The summed E-state index contributed by atoms with van der Waals surface area (Å²) in [5.41, 5.74) is -0.414. The molecule has 0 aromatic rings. The summed E-state index contributed by atoms with van der Waals surface area (Å²) in [6.45, 7) is 9.05. The number of hydrogen-bond donors (Lipinski definition) is 1. The molecule has 0 heterocycles. The van der Waals surface area contributed by atoms with E-state index in [-0.39, 0.29) is 0 Å². The molecular formula is C14H29N3O2. The highest BCUT2D eigenvalue weighted by molar-refractivity contribution is 5.03. The maximum atomic E-state index is 9.20. The van der Waals surface area contributed by atoms with Crippen molar-refractivity contribution in [2.75, 3.05) is 53.6 Å². The van der Waals surface area contributed by atoms with E-state index in [1.54, 1.807) is 14.2 Å². The number of nitrogens with one attached hydrogen (secondary N) is 1. The second-order valence-corrected chi connectivity index (χ2v) is 4.91. The van der Waals surface area contributed by atoms with Crippen LogP contribution in [0.25, 0.3) is 0 Å². The second-order valence-electron chi connectivity index (χ2n) is 4.91. The first-order chi connectivity index (χ1) is 9.11. The number of nitrogens with zero attached hydrogens (tertiary/aromatic N) is 2. The predicted octanol–water partition coefficient (Wildman–Crippen LogP) is 1.25. The predicted molar refractivity (Wildman–Crippen MR) is 77.1 cm³/mol. The summed E-state index contributed by atoms with van der Waals surface area (Å²) in [4.78, 5) is 2.32.